The average Bonchev–Trinajstić information content (AvgIpc) is 2.31. The second-order valence-corrected chi connectivity index (χ2v) is 3.69. The van der Waals surface area contributed by atoms with Gasteiger partial charge in [-0.05, 0) is 25.5 Å². The van der Waals surface area contributed by atoms with Crippen LogP contribution in [-0.4, -0.2) is 17.4 Å². The molecule has 1 aromatic rings. The molecule has 6 nitrogen and oxygen atoms in total. The van der Waals surface area contributed by atoms with Crippen LogP contribution in [0, 0.1) is 15.9 Å². The normalized spacial score (nSPS) is 10.1. The van der Waals surface area contributed by atoms with E-state index in [4.69, 9.17) is 5.73 Å². The Labute approximate surface area is 103 Å². The number of rotatable bonds is 6. The van der Waals surface area contributed by atoms with Crippen LogP contribution in [0.4, 0.5) is 15.8 Å². The minimum atomic E-state index is -0.823. The van der Waals surface area contributed by atoms with Crippen LogP contribution in [0.2, 0.25) is 0 Å². The highest BCUT2D eigenvalue weighted by Gasteiger charge is 2.19. The molecule has 0 bridgehead atoms. The molecular weight excluding hydrogens is 241 g/mol. The zero-order valence-corrected chi connectivity index (χ0v) is 9.69. The number of carbonyl (C=O) groups excluding carboxylic acids is 1. The summed E-state index contributed by atoms with van der Waals surface area (Å²) < 4.78 is 13.4. The summed E-state index contributed by atoms with van der Waals surface area (Å²) in [6.45, 7) is 0.465. The number of hydrogen-bond donors (Lipinski definition) is 2. The molecule has 0 spiro atoms. The van der Waals surface area contributed by atoms with E-state index in [0.29, 0.717) is 19.4 Å². The quantitative estimate of drug-likeness (QED) is 0.460. The Balaban J connectivity index is 2.77. The van der Waals surface area contributed by atoms with Crippen LogP contribution in [0.5, 0.6) is 0 Å². The highest BCUT2D eigenvalue weighted by Crippen LogP contribution is 2.27. The lowest BCUT2D eigenvalue weighted by molar-refractivity contribution is -0.384. The van der Waals surface area contributed by atoms with E-state index in [0.717, 1.165) is 12.1 Å². The number of nitrogens with two attached hydrogens (primary N) is 1. The predicted octanol–water partition coefficient (Wildman–Crippen LogP) is 1.80. The summed E-state index contributed by atoms with van der Waals surface area (Å²) in [5, 5.41) is 12.9. The van der Waals surface area contributed by atoms with Gasteiger partial charge in [0.25, 0.3) is 5.69 Å². The molecule has 0 fully saturated rings. The standard InChI is InChI=1S/C11H14FN3O3/c12-8-4-3-5-9(15(17)18)11(8)14-10(16)6-1-2-7-13/h3-5H,1-2,6-7,13H2,(H,14,16). The zero-order valence-electron chi connectivity index (χ0n) is 9.69. The summed E-state index contributed by atoms with van der Waals surface area (Å²) in [6, 6.07) is 3.42. The van der Waals surface area contributed by atoms with Gasteiger partial charge in [-0.3, -0.25) is 14.9 Å². The fraction of sp³-hybridized carbons (Fsp3) is 0.364. The van der Waals surface area contributed by atoms with Crippen molar-refractivity contribution in [3.8, 4) is 0 Å². The number of para-hydroxylation sites is 1. The van der Waals surface area contributed by atoms with Crippen molar-refractivity contribution in [2.45, 2.75) is 19.3 Å². The van der Waals surface area contributed by atoms with Crippen LogP contribution in [-0.2, 0) is 4.79 Å². The van der Waals surface area contributed by atoms with Crippen molar-refractivity contribution in [1.29, 1.82) is 0 Å². The molecule has 0 atom stereocenters. The summed E-state index contributed by atoms with van der Waals surface area (Å²) in [7, 11) is 0. The zero-order chi connectivity index (χ0) is 13.5. The van der Waals surface area contributed by atoms with Gasteiger partial charge >= 0.3 is 0 Å². The third-order valence-corrected chi connectivity index (χ3v) is 2.31. The first-order valence-corrected chi connectivity index (χ1v) is 5.49. The maximum Gasteiger partial charge on any atom is 0.295 e. The van der Waals surface area contributed by atoms with E-state index in [2.05, 4.69) is 5.32 Å². The third-order valence-electron chi connectivity index (χ3n) is 2.31. The number of carbonyl (C=O) groups is 1. The number of unbranched alkanes of at least 4 members (excludes halogenated alkanes) is 1. The van der Waals surface area contributed by atoms with Gasteiger partial charge in [-0.1, -0.05) is 6.07 Å². The first-order chi connectivity index (χ1) is 8.56. The van der Waals surface area contributed by atoms with Gasteiger partial charge in [0.1, 0.15) is 0 Å². The number of amides is 1. The van der Waals surface area contributed by atoms with Crippen molar-refractivity contribution in [2.24, 2.45) is 5.73 Å². The lowest BCUT2D eigenvalue weighted by Gasteiger charge is -2.06. The summed E-state index contributed by atoms with van der Waals surface area (Å²) >= 11 is 0. The SMILES string of the molecule is NCCCCC(=O)Nc1c(F)cccc1[N+](=O)[O-]. The number of benzene rings is 1. The fourth-order valence-corrected chi connectivity index (χ4v) is 1.42. The molecule has 0 aliphatic rings. The molecule has 98 valence electrons. The number of nitro benzene ring substituents is 1. The van der Waals surface area contributed by atoms with E-state index < -0.39 is 22.3 Å². The van der Waals surface area contributed by atoms with E-state index in [-0.39, 0.29) is 12.1 Å². The van der Waals surface area contributed by atoms with Gasteiger partial charge in [-0.2, -0.15) is 0 Å². The van der Waals surface area contributed by atoms with Gasteiger partial charge in [0, 0.05) is 12.5 Å². The van der Waals surface area contributed by atoms with Gasteiger partial charge in [0.2, 0.25) is 5.91 Å². The van der Waals surface area contributed by atoms with Crippen LogP contribution in [0.15, 0.2) is 18.2 Å². The number of anilines is 1. The van der Waals surface area contributed by atoms with E-state index in [1.165, 1.54) is 6.07 Å². The molecule has 0 aromatic heterocycles. The Kier molecular flexibility index (Phi) is 5.19. The lowest BCUT2D eigenvalue weighted by Crippen LogP contribution is -2.14. The van der Waals surface area contributed by atoms with Crippen molar-refractivity contribution < 1.29 is 14.1 Å². The monoisotopic (exact) mass is 255 g/mol. The summed E-state index contributed by atoms with van der Waals surface area (Å²) in [5.74, 6) is -1.28. The summed E-state index contributed by atoms with van der Waals surface area (Å²) in [6.07, 6.45) is 1.39. The van der Waals surface area contributed by atoms with Crippen molar-refractivity contribution in [2.75, 3.05) is 11.9 Å². The van der Waals surface area contributed by atoms with E-state index in [1.54, 1.807) is 0 Å². The number of nitrogens with zero attached hydrogens (tertiary/aromatic N) is 1. The molecule has 1 aromatic carbocycles. The second kappa shape index (κ2) is 6.65. The molecule has 0 saturated carbocycles. The first-order valence-electron chi connectivity index (χ1n) is 5.49. The minimum Gasteiger partial charge on any atom is -0.330 e. The fourth-order valence-electron chi connectivity index (χ4n) is 1.42. The molecule has 0 heterocycles. The molecule has 18 heavy (non-hydrogen) atoms. The predicted molar refractivity (Wildman–Crippen MR) is 64.6 cm³/mol. The van der Waals surface area contributed by atoms with Gasteiger partial charge in [-0.25, -0.2) is 4.39 Å². The van der Waals surface area contributed by atoms with Gasteiger partial charge in [0.05, 0.1) is 4.92 Å². The summed E-state index contributed by atoms with van der Waals surface area (Å²) in [5.41, 5.74) is 4.43. The van der Waals surface area contributed by atoms with Crippen LogP contribution in [0.3, 0.4) is 0 Å². The highest BCUT2D eigenvalue weighted by molar-refractivity contribution is 5.93. The van der Waals surface area contributed by atoms with E-state index in [9.17, 15) is 19.3 Å². The minimum absolute atomic E-state index is 0.155. The summed E-state index contributed by atoms with van der Waals surface area (Å²) in [4.78, 5) is 21.4. The van der Waals surface area contributed by atoms with Gasteiger partial charge < -0.3 is 11.1 Å². The molecule has 0 radical (unpaired) electrons. The average molecular weight is 255 g/mol. The Morgan fingerprint density at radius 1 is 1.44 bits per heavy atom. The van der Waals surface area contributed by atoms with Crippen LogP contribution in [0.1, 0.15) is 19.3 Å². The molecule has 0 saturated heterocycles. The van der Waals surface area contributed by atoms with Crippen molar-refractivity contribution in [3.63, 3.8) is 0 Å². The maximum atomic E-state index is 13.4. The molecular formula is C11H14FN3O3. The lowest BCUT2D eigenvalue weighted by atomic mass is 10.2. The third kappa shape index (κ3) is 3.77. The molecule has 0 unspecified atom stereocenters. The molecule has 1 amide bonds. The molecule has 7 heteroatoms. The molecule has 0 aliphatic heterocycles. The first kappa shape index (κ1) is 14.0. The Morgan fingerprint density at radius 3 is 2.78 bits per heavy atom. The number of hydrogen-bond acceptors (Lipinski definition) is 4. The van der Waals surface area contributed by atoms with E-state index in [1.807, 2.05) is 0 Å². The highest BCUT2D eigenvalue weighted by atomic mass is 19.1. The van der Waals surface area contributed by atoms with E-state index >= 15 is 0 Å². The second-order valence-electron chi connectivity index (χ2n) is 3.69. The number of nitro groups is 1. The van der Waals surface area contributed by atoms with Gasteiger partial charge in [0.15, 0.2) is 11.5 Å². The van der Waals surface area contributed by atoms with Crippen LogP contribution in [0.25, 0.3) is 0 Å². The topological polar surface area (TPSA) is 98.3 Å². The van der Waals surface area contributed by atoms with Gasteiger partial charge in [-0.15, -0.1) is 0 Å². The number of nitrogens with one attached hydrogen (secondary N) is 1. The smallest absolute Gasteiger partial charge is 0.295 e. The van der Waals surface area contributed by atoms with Crippen LogP contribution < -0.4 is 11.1 Å². The van der Waals surface area contributed by atoms with Crippen molar-refractivity contribution >= 4 is 17.3 Å². The Hall–Kier alpha value is -2.02. The Morgan fingerprint density at radius 2 is 2.17 bits per heavy atom. The Bertz CT molecular complexity index is 451. The largest absolute Gasteiger partial charge is 0.330 e. The molecule has 1 rings (SSSR count). The van der Waals surface area contributed by atoms with Crippen molar-refractivity contribution in [3.05, 3.63) is 34.1 Å². The van der Waals surface area contributed by atoms with Crippen molar-refractivity contribution in [1.82, 2.24) is 0 Å². The maximum absolute atomic E-state index is 13.4. The molecule has 3 N–H and O–H groups in total. The molecule has 0 aliphatic carbocycles. The number of halogens is 1. The van der Waals surface area contributed by atoms with Crippen LogP contribution >= 0.6 is 0 Å².